The summed E-state index contributed by atoms with van der Waals surface area (Å²) < 4.78 is 24.0. The molecule has 25 heavy (non-hydrogen) atoms. The SMILES string of the molecule is CC(C)c1nc(C#N)c(N/N=C\c2coc3ccc(F)cc3c2=O)o1. The lowest BCUT2D eigenvalue weighted by Crippen LogP contribution is -2.08. The molecule has 7 nitrogen and oxygen atoms in total. The van der Waals surface area contributed by atoms with Crippen molar-refractivity contribution in [2.24, 2.45) is 5.10 Å². The molecule has 0 radical (unpaired) electrons. The summed E-state index contributed by atoms with van der Waals surface area (Å²) in [6, 6.07) is 5.59. The Bertz CT molecular complexity index is 1060. The maximum atomic E-state index is 13.3. The third-order valence-electron chi connectivity index (χ3n) is 3.37. The number of nitrogens with zero attached hydrogens (tertiary/aromatic N) is 3. The van der Waals surface area contributed by atoms with Gasteiger partial charge in [-0.25, -0.2) is 14.8 Å². The minimum absolute atomic E-state index is 0.00839. The maximum absolute atomic E-state index is 13.3. The minimum Gasteiger partial charge on any atom is -0.463 e. The first-order chi connectivity index (χ1) is 12.0. The number of aromatic nitrogens is 1. The van der Waals surface area contributed by atoms with E-state index >= 15 is 0 Å². The maximum Gasteiger partial charge on any atom is 0.252 e. The van der Waals surface area contributed by atoms with Gasteiger partial charge in [-0.1, -0.05) is 13.8 Å². The van der Waals surface area contributed by atoms with Crippen molar-refractivity contribution in [3.8, 4) is 6.07 Å². The molecule has 0 saturated heterocycles. The molecule has 1 aromatic carbocycles. The van der Waals surface area contributed by atoms with Crippen LogP contribution in [0, 0.1) is 17.1 Å². The van der Waals surface area contributed by atoms with Crippen LogP contribution in [0.3, 0.4) is 0 Å². The summed E-state index contributed by atoms with van der Waals surface area (Å²) >= 11 is 0. The Morgan fingerprint density at radius 2 is 2.24 bits per heavy atom. The van der Waals surface area contributed by atoms with E-state index in [1.165, 1.54) is 24.6 Å². The zero-order valence-electron chi connectivity index (χ0n) is 13.4. The Morgan fingerprint density at radius 1 is 1.44 bits per heavy atom. The van der Waals surface area contributed by atoms with Gasteiger partial charge in [0.15, 0.2) is 0 Å². The average Bonchev–Trinajstić information content (AvgIpc) is 3.01. The van der Waals surface area contributed by atoms with Gasteiger partial charge in [0.1, 0.15) is 23.7 Å². The van der Waals surface area contributed by atoms with Crippen LogP contribution in [-0.2, 0) is 0 Å². The van der Waals surface area contributed by atoms with Crippen LogP contribution in [0.15, 0.2) is 43.2 Å². The molecular weight excluding hydrogens is 327 g/mol. The number of nitrogens with one attached hydrogen (secondary N) is 1. The molecule has 0 bridgehead atoms. The lowest BCUT2D eigenvalue weighted by molar-refractivity contribution is 0.481. The smallest absolute Gasteiger partial charge is 0.252 e. The number of hydrogen-bond donors (Lipinski definition) is 1. The van der Waals surface area contributed by atoms with Gasteiger partial charge in [0, 0.05) is 5.92 Å². The van der Waals surface area contributed by atoms with E-state index in [9.17, 15) is 9.18 Å². The monoisotopic (exact) mass is 340 g/mol. The van der Waals surface area contributed by atoms with Crippen LogP contribution in [0.25, 0.3) is 11.0 Å². The van der Waals surface area contributed by atoms with Gasteiger partial charge >= 0.3 is 0 Å². The van der Waals surface area contributed by atoms with Gasteiger partial charge in [-0.2, -0.15) is 10.4 Å². The van der Waals surface area contributed by atoms with E-state index < -0.39 is 11.2 Å². The van der Waals surface area contributed by atoms with Crippen LogP contribution >= 0.6 is 0 Å². The molecule has 8 heteroatoms. The van der Waals surface area contributed by atoms with E-state index in [0.29, 0.717) is 5.89 Å². The fraction of sp³-hybridized carbons (Fsp3) is 0.176. The van der Waals surface area contributed by atoms with Crippen LogP contribution < -0.4 is 10.9 Å². The average molecular weight is 340 g/mol. The summed E-state index contributed by atoms with van der Waals surface area (Å²) in [6.45, 7) is 3.75. The van der Waals surface area contributed by atoms with Gasteiger partial charge < -0.3 is 8.83 Å². The highest BCUT2D eigenvalue weighted by Crippen LogP contribution is 2.22. The van der Waals surface area contributed by atoms with Gasteiger partial charge in [-0.15, -0.1) is 0 Å². The molecule has 0 atom stereocenters. The van der Waals surface area contributed by atoms with Crippen LogP contribution in [0.2, 0.25) is 0 Å². The number of fused-ring (bicyclic) bond motifs is 1. The first-order valence-corrected chi connectivity index (χ1v) is 7.40. The number of benzene rings is 1. The second-order valence-electron chi connectivity index (χ2n) is 5.53. The van der Waals surface area contributed by atoms with Crippen LogP contribution in [-0.4, -0.2) is 11.2 Å². The summed E-state index contributed by atoms with van der Waals surface area (Å²) in [4.78, 5) is 16.3. The van der Waals surface area contributed by atoms with Crippen molar-refractivity contribution in [1.82, 2.24) is 4.98 Å². The summed E-state index contributed by atoms with van der Waals surface area (Å²) in [6.07, 6.45) is 2.42. The van der Waals surface area contributed by atoms with Crippen molar-refractivity contribution in [3.63, 3.8) is 0 Å². The molecule has 0 spiro atoms. The Labute approximate surface area is 141 Å². The third-order valence-corrected chi connectivity index (χ3v) is 3.37. The number of nitriles is 1. The Hall–Kier alpha value is -3.47. The number of hydrogen-bond acceptors (Lipinski definition) is 7. The highest BCUT2D eigenvalue weighted by molar-refractivity contribution is 5.86. The molecule has 0 saturated carbocycles. The minimum atomic E-state index is -0.534. The number of oxazole rings is 1. The molecular formula is C17H13FN4O3. The fourth-order valence-corrected chi connectivity index (χ4v) is 2.10. The lowest BCUT2D eigenvalue weighted by atomic mass is 10.2. The molecule has 1 N–H and O–H groups in total. The first-order valence-electron chi connectivity index (χ1n) is 7.40. The van der Waals surface area contributed by atoms with Crippen LogP contribution in [0.4, 0.5) is 10.3 Å². The predicted molar refractivity (Wildman–Crippen MR) is 89.0 cm³/mol. The van der Waals surface area contributed by atoms with Gasteiger partial charge in [0.05, 0.1) is 17.2 Å². The quantitative estimate of drug-likeness (QED) is 0.577. The molecule has 126 valence electrons. The number of rotatable bonds is 4. The zero-order chi connectivity index (χ0) is 18.0. The summed E-state index contributed by atoms with van der Waals surface area (Å²) in [5.74, 6) is -0.0452. The van der Waals surface area contributed by atoms with Gasteiger partial charge in [0.25, 0.3) is 5.88 Å². The van der Waals surface area contributed by atoms with Gasteiger partial charge in [-0.3, -0.25) is 4.79 Å². The Morgan fingerprint density at radius 3 is 2.96 bits per heavy atom. The summed E-state index contributed by atoms with van der Waals surface area (Å²) in [5.41, 5.74) is 2.57. The molecule has 2 aromatic heterocycles. The molecule has 0 unspecified atom stereocenters. The first kappa shape index (κ1) is 16.4. The summed E-state index contributed by atoms with van der Waals surface area (Å²) in [5, 5.41) is 13.0. The number of halogens is 1. The van der Waals surface area contributed by atoms with E-state index in [1.54, 1.807) is 0 Å². The van der Waals surface area contributed by atoms with Crippen molar-refractivity contribution in [1.29, 1.82) is 5.26 Å². The van der Waals surface area contributed by atoms with Crippen molar-refractivity contribution in [2.75, 3.05) is 5.43 Å². The molecule has 0 fully saturated rings. The van der Waals surface area contributed by atoms with Crippen molar-refractivity contribution < 1.29 is 13.2 Å². The topological polar surface area (TPSA) is 104 Å². The van der Waals surface area contributed by atoms with Crippen LogP contribution in [0.5, 0.6) is 0 Å². The third kappa shape index (κ3) is 3.26. The highest BCUT2D eigenvalue weighted by Gasteiger charge is 2.14. The molecule has 3 aromatic rings. The molecule has 2 heterocycles. The Kier molecular flexibility index (Phi) is 4.31. The van der Waals surface area contributed by atoms with Gasteiger partial charge in [-0.05, 0) is 18.2 Å². The molecule has 0 aliphatic carbocycles. The largest absolute Gasteiger partial charge is 0.463 e. The molecule has 0 aliphatic rings. The standard InChI is InChI=1S/C17H13FN4O3/c1-9(2)16-21-13(6-19)17(25-16)22-20-7-10-8-24-14-4-3-11(18)5-12(14)15(10)23/h3-5,7-9,22H,1-2H3/b20-7-. The van der Waals surface area contributed by atoms with E-state index in [4.69, 9.17) is 14.1 Å². The molecule has 0 amide bonds. The molecule has 0 aliphatic heterocycles. The van der Waals surface area contributed by atoms with E-state index in [1.807, 2.05) is 19.9 Å². The number of anilines is 1. The van der Waals surface area contributed by atoms with Crippen LogP contribution in [0.1, 0.15) is 36.9 Å². The lowest BCUT2D eigenvalue weighted by Gasteiger charge is -1.99. The van der Waals surface area contributed by atoms with E-state index in [2.05, 4.69) is 15.5 Å². The predicted octanol–water partition coefficient (Wildman–Crippen LogP) is 3.36. The van der Waals surface area contributed by atoms with Crippen molar-refractivity contribution >= 4 is 23.1 Å². The number of hydrazone groups is 1. The second kappa shape index (κ2) is 6.57. The molecule has 3 rings (SSSR count). The van der Waals surface area contributed by atoms with E-state index in [-0.39, 0.29) is 34.0 Å². The zero-order valence-corrected chi connectivity index (χ0v) is 13.4. The van der Waals surface area contributed by atoms with Crippen molar-refractivity contribution in [3.05, 3.63) is 57.7 Å². The van der Waals surface area contributed by atoms with Gasteiger partial charge in [0.2, 0.25) is 17.0 Å². The Balaban J connectivity index is 1.88. The second-order valence-corrected chi connectivity index (χ2v) is 5.53. The van der Waals surface area contributed by atoms with Crippen molar-refractivity contribution in [2.45, 2.75) is 19.8 Å². The summed E-state index contributed by atoms with van der Waals surface area (Å²) in [7, 11) is 0. The van der Waals surface area contributed by atoms with E-state index in [0.717, 1.165) is 6.07 Å². The normalized spacial score (nSPS) is 11.3. The fourth-order valence-electron chi connectivity index (χ4n) is 2.10. The highest BCUT2D eigenvalue weighted by atomic mass is 19.1.